The minimum atomic E-state index is -0.900. The minimum absolute atomic E-state index is 0.199. The van der Waals surface area contributed by atoms with Crippen LogP contribution >= 0.6 is 0 Å². The van der Waals surface area contributed by atoms with Gasteiger partial charge in [-0.3, -0.25) is 0 Å². The normalized spacial score (nSPS) is 21.7. The van der Waals surface area contributed by atoms with Crippen LogP contribution in [0.3, 0.4) is 0 Å². The van der Waals surface area contributed by atoms with Crippen LogP contribution in [0, 0.1) is 0 Å². The van der Waals surface area contributed by atoms with Crippen molar-refractivity contribution in [1.82, 2.24) is 0 Å². The molecule has 0 spiro atoms. The van der Waals surface area contributed by atoms with Gasteiger partial charge in [-0.05, 0) is 60.0 Å². The summed E-state index contributed by atoms with van der Waals surface area (Å²) in [6.07, 6.45) is 6.40. The van der Waals surface area contributed by atoms with E-state index >= 15 is 0 Å². The predicted molar refractivity (Wildman–Crippen MR) is 87.3 cm³/mol. The minimum Gasteiger partial charge on any atom is -0.454 e. The Hall–Kier alpha value is -2.43. The molecule has 0 bridgehead atoms. The van der Waals surface area contributed by atoms with E-state index in [0.29, 0.717) is 37.3 Å². The molecule has 6 nitrogen and oxygen atoms in total. The maximum Gasteiger partial charge on any atom is 0.231 e. The summed E-state index contributed by atoms with van der Waals surface area (Å²) < 4.78 is 10.9. The average Bonchev–Trinajstić information content (AvgIpc) is 3.13. The second-order valence-corrected chi connectivity index (χ2v) is 5.75. The standard InChI is InChI=1S/C17H19N3O3/c1-2-6-17(21)7-3-4-14(17)13-10-16-15(22-11-23-16)9-12(13)5-8-19-20-18/h2,4,9-10,21H,1,3,5-8,11H2. The van der Waals surface area contributed by atoms with Gasteiger partial charge in [0.25, 0.3) is 0 Å². The van der Waals surface area contributed by atoms with E-state index in [9.17, 15) is 5.11 Å². The van der Waals surface area contributed by atoms with E-state index in [2.05, 4.69) is 22.7 Å². The molecule has 1 atom stereocenters. The Morgan fingerprint density at radius 2 is 2.17 bits per heavy atom. The van der Waals surface area contributed by atoms with Gasteiger partial charge in [0.2, 0.25) is 6.79 Å². The van der Waals surface area contributed by atoms with Crippen molar-refractivity contribution in [1.29, 1.82) is 0 Å². The lowest BCUT2D eigenvalue weighted by Gasteiger charge is -2.27. The summed E-state index contributed by atoms with van der Waals surface area (Å²) in [5.41, 5.74) is 10.4. The lowest BCUT2D eigenvalue weighted by molar-refractivity contribution is 0.104. The molecule has 0 aromatic heterocycles. The lowest BCUT2D eigenvalue weighted by atomic mass is 9.84. The van der Waals surface area contributed by atoms with Crippen LogP contribution < -0.4 is 9.47 Å². The summed E-state index contributed by atoms with van der Waals surface area (Å²) in [6, 6.07) is 3.83. The van der Waals surface area contributed by atoms with Gasteiger partial charge < -0.3 is 14.6 Å². The highest BCUT2D eigenvalue weighted by molar-refractivity contribution is 5.78. The van der Waals surface area contributed by atoms with Crippen molar-refractivity contribution in [3.05, 3.63) is 52.4 Å². The smallest absolute Gasteiger partial charge is 0.231 e. The molecule has 0 amide bonds. The summed E-state index contributed by atoms with van der Waals surface area (Å²) in [5.74, 6) is 1.37. The Bertz CT molecular complexity index is 707. The first-order chi connectivity index (χ1) is 11.2. The summed E-state index contributed by atoms with van der Waals surface area (Å²) in [4.78, 5) is 2.80. The molecule has 0 radical (unpaired) electrons. The molecule has 1 unspecified atom stereocenters. The second kappa shape index (κ2) is 6.36. The van der Waals surface area contributed by atoms with E-state index in [1.54, 1.807) is 6.08 Å². The van der Waals surface area contributed by atoms with Crippen LogP contribution in [0.5, 0.6) is 11.5 Å². The molecule has 23 heavy (non-hydrogen) atoms. The number of nitrogens with zero attached hydrogens (tertiary/aromatic N) is 3. The molecule has 0 saturated heterocycles. The van der Waals surface area contributed by atoms with Crippen molar-refractivity contribution >= 4 is 5.57 Å². The molecule has 1 aliphatic carbocycles. The van der Waals surface area contributed by atoms with Crippen molar-refractivity contribution in [3.63, 3.8) is 0 Å². The molecule has 1 aromatic carbocycles. The van der Waals surface area contributed by atoms with Gasteiger partial charge in [-0.2, -0.15) is 0 Å². The fourth-order valence-corrected chi connectivity index (χ4v) is 3.25. The Labute approximate surface area is 134 Å². The quantitative estimate of drug-likeness (QED) is 0.375. The van der Waals surface area contributed by atoms with Gasteiger partial charge >= 0.3 is 0 Å². The summed E-state index contributed by atoms with van der Waals surface area (Å²) in [5, 5.41) is 14.6. The van der Waals surface area contributed by atoms with E-state index in [-0.39, 0.29) is 6.79 Å². The molecular weight excluding hydrogens is 294 g/mol. The maximum absolute atomic E-state index is 11.0. The molecular formula is C17H19N3O3. The Kier molecular flexibility index (Phi) is 4.28. The zero-order valence-corrected chi connectivity index (χ0v) is 12.9. The van der Waals surface area contributed by atoms with Gasteiger partial charge in [-0.15, -0.1) is 6.58 Å². The van der Waals surface area contributed by atoms with E-state index in [1.807, 2.05) is 12.1 Å². The van der Waals surface area contributed by atoms with Crippen molar-refractivity contribution < 1.29 is 14.6 Å². The first-order valence-corrected chi connectivity index (χ1v) is 7.65. The number of hydrogen-bond donors (Lipinski definition) is 1. The van der Waals surface area contributed by atoms with E-state index in [0.717, 1.165) is 23.1 Å². The molecule has 120 valence electrons. The number of azide groups is 1. The number of benzene rings is 1. The fourth-order valence-electron chi connectivity index (χ4n) is 3.25. The molecule has 1 N–H and O–H groups in total. The molecule has 1 aliphatic heterocycles. The molecule has 1 heterocycles. The Balaban J connectivity index is 2.02. The van der Waals surface area contributed by atoms with Crippen molar-refractivity contribution in [2.45, 2.75) is 31.3 Å². The van der Waals surface area contributed by atoms with Gasteiger partial charge in [-0.25, -0.2) is 0 Å². The van der Waals surface area contributed by atoms with Crippen LogP contribution in [0.2, 0.25) is 0 Å². The second-order valence-electron chi connectivity index (χ2n) is 5.75. The van der Waals surface area contributed by atoms with Crippen LogP contribution in [0.1, 0.15) is 30.4 Å². The Morgan fingerprint density at radius 3 is 2.91 bits per heavy atom. The number of hydrogen-bond acceptors (Lipinski definition) is 4. The highest BCUT2D eigenvalue weighted by Crippen LogP contribution is 2.45. The van der Waals surface area contributed by atoms with E-state index in [1.165, 1.54) is 0 Å². The topological polar surface area (TPSA) is 87.5 Å². The Morgan fingerprint density at radius 1 is 1.39 bits per heavy atom. The van der Waals surface area contributed by atoms with Crippen LogP contribution in [-0.2, 0) is 6.42 Å². The highest BCUT2D eigenvalue weighted by Gasteiger charge is 2.36. The molecule has 0 saturated carbocycles. The molecule has 2 aliphatic rings. The van der Waals surface area contributed by atoms with E-state index in [4.69, 9.17) is 15.0 Å². The third kappa shape index (κ3) is 2.91. The van der Waals surface area contributed by atoms with Crippen LogP contribution in [-0.4, -0.2) is 24.0 Å². The molecule has 1 aromatic rings. The van der Waals surface area contributed by atoms with E-state index < -0.39 is 5.60 Å². The number of allylic oxidation sites excluding steroid dienone is 1. The van der Waals surface area contributed by atoms with Gasteiger partial charge in [0, 0.05) is 11.5 Å². The predicted octanol–water partition coefficient (Wildman–Crippen LogP) is 3.75. The van der Waals surface area contributed by atoms with Crippen molar-refractivity contribution in [2.75, 3.05) is 13.3 Å². The molecule has 3 rings (SSSR count). The van der Waals surface area contributed by atoms with Gasteiger partial charge in [0.15, 0.2) is 11.5 Å². The largest absolute Gasteiger partial charge is 0.454 e. The molecule has 6 heteroatoms. The first-order valence-electron chi connectivity index (χ1n) is 7.65. The zero-order valence-electron chi connectivity index (χ0n) is 12.9. The third-order valence-electron chi connectivity index (χ3n) is 4.32. The average molecular weight is 313 g/mol. The first kappa shape index (κ1) is 15.5. The lowest BCUT2D eigenvalue weighted by Crippen LogP contribution is -2.26. The van der Waals surface area contributed by atoms with Gasteiger partial charge in [0.1, 0.15) is 0 Å². The number of fused-ring (bicyclic) bond motifs is 1. The number of rotatable bonds is 6. The fraction of sp³-hybridized carbons (Fsp3) is 0.412. The summed E-state index contributed by atoms with van der Waals surface area (Å²) in [7, 11) is 0. The number of aliphatic hydroxyl groups is 1. The summed E-state index contributed by atoms with van der Waals surface area (Å²) in [6.45, 7) is 4.31. The van der Waals surface area contributed by atoms with Gasteiger partial charge in [-0.1, -0.05) is 17.3 Å². The van der Waals surface area contributed by atoms with Crippen molar-refractivity contribution in [3.8, 4) is 11.5 Å². The van der Waals surface area contributed by atoms with Gasteiger partial charge in [0.05, 0.1) is 5.60 Å². The number of ether oxygens (including phenoxy) is 2. The monoisotopic (exact) mass is 313 g/mol. The molecule has 0 fully saturated rings. The van der Waals surface area contributed by atoms with Crippen LogP contribution in [0.25, 0.3) is 16.0 Å². The SMILES string of the molecule is C=CCC1(O)CCC=C1c1cc2c(cc1CCN=[N+]=[N-])OCO2. The zero-order chi connectivity index (χ0) is 16.3. The highest BCUT2D eigenvalue weighted by atomic mass is 16.7. The third-order valence-corrected chi connectivity index (χ3v) is 4.32. The summed E-state index contributed by atoms with van der Waals surface area (Å²) >= 11 is 0. The van der Waals surface area contributed by atoms with Crippen LogP contribution in [0.4, 0.5) is 0 Å². The van der Waals surface area contributed by atoms with Crippen molar-refractivity contribution in [2.24, 2.45) is 5.11 Å². The van der Waals surface area contributed by atoms with Crippen LogP contribution in [0.15, 0.2) is 36.0 Å². The maximum atomic E-state index is 11.0.